The maximum Gasteiger partial charge on any atom is 0.339 e. The SMILES string of the molecule is O=c1cc(OCCCO)c2c(OCCCO)cc(OCCCO)cc2o1. The van der Waals surface area contributed by atoms with E-state index >= 15 is 0 Å². The van der Waals surface area contributed by atoms with Crippen molar-refractivity contribution in [3.63, 3.8) is 0 Å². The molecule has 1 heterocycles. The van der Waals surface area contributed by atoms with E-state index in [0.717, 1.165) is 0 Å². The lowest BCUT2D eigenvalue weighted by atomic mass is 10.2. The van der Waals surface area contributed by atoms with Crippen LogP contribution in [0, 0.1) is 0 Å². The summed E-state index contributed by atoms with van der Waals surface area (Å²) in [5.41, 5.74) is -0.331. The van der Waals surface area contributed by atoms with Gasteiger partial charge in [0.2, 0.25) is 0 Å². The van der Waals surface area contributed by atoms with Gasteiger partial charge in [-0.1, -0.05) is 0 Å². The molecule has 2 rings (SSSR count). The van der Waals surface area contributed by atoms with Gasteiger partial charge in [-0.25, -0.2) is 4.79 Å². The summed E-state index contributed by atoms with van der Waals surface area (Å²) in [6.45, 7) is 0.767. The van der Waals surface area contributed by atoms with E-state index in [1.54, 1.807) is 12.1 Å². The van der Waals surface area contributed by atoms with E-state index in [4.69, 9.17) is 33.9 Å². The van der Waals surface area contributed by atoms with Crippen molar-refractivity contribution in [1.82, 2.24) is 0 Å². The third-order valence-corrected chi connectivity index (χ3v) is 3.44. The Kier molecular flexibility index (Phi) is 8.20. The molecule has 0 bridgehead atoms. The molecule has 144 valence electrons. The van der Waals surface area contributed by atoms with Gasteiger partial charge in [-0.3, -0.25) is 0 Å². The molecule has 0 amide bonds. The Bertz CT molecular complexity index is 740. The van der Waals surface area contributed by atoms with Gasteiger partial charge in [-0.2, -0.15) is 0 Å². The molecule has 0 atom stereocenters. The quantitative estimate of drug-likeness (QED) is 0.376. The number of hydrogen-bond donors (Lipinski definition) is 3. The molecule has 0 unspecified atom stereocenters. The van der Waals surface area contributed by atoms with Crippen molar-refractivity contribution in [3.05, 3.63) is 28.6 Å². The molecule has 1 aromatic carbocycles. The molecule has 8 heteroatoms. The minimum Gasteiger partial charge on any atom is -0.493 e. The first-order valence-corrected chi connectivity index (χ1v) is 8.52. The summed E-state index contributed by atoms with van der Waals surface area (Å²) in [4.78, 5) is 11.8. The highest BCUT2D eigenvalue weighted by Crippen LogP contribution is 2.37. The summed E-state index contributed by atoms with van der Waals surface area (Å²) in [6, 6.07) is 4.44. The van der Waals surface area contributed by atoms with Crippen molar-refractivity contribution >= 4 is 11.0 Å². The summed E-state index contributed by atoms with van der Waals surface area (Å²) >= 11 is 0. The molecular weight excluding hydrogens is 344 g/mol. The summed E-state index contributed by atoms with van der Waals surface area (Å²) in [5, 5.41) is 27.2. The van der Waals surface area contributed by atoms with Gasteiger partial charge in [-0.05, 0) is 0 Å². The lowest BCUT2D eigenvalue weighted by Gasteiger charge is -2.14. The Morgan fingerprint density at radius 2 is 1.31 bits per heavy atom. The second-order valence-corrected chi connectivity index (χ2v) is 5.50. The van der Waals surface area contributed by atoms with Crippen LogP contribution in [0.3, 0.4) is 0 Å². The Labute approximate surface area is 150 Å². The summed E-state index contributed by atoms with van der Waals surface area (Å²) in [6.07, 6.45) is 1.33. The third-order valence-electron chi connectivity index (χ3n) is 3.44. The van der Waals surface area contributed by atoms with Gasteiger partial charge in [0.05, 0.1) is 25.9 Å². The topological polar surface area (TPSA) is 119 Å². The standard InChI is InChI=1S/C18H24O8/c19-4-1-7-23-13-10-14(24-8-2-5-20)18-15(25-9-3-6-21)12-17(22)26-16(18)11-13/h10-12,19-21H,1-9H2. The molecule has 26 heavy (non-hydrogen) atoms. The fourth-order valence-electron chi connectivity index (χ4n) is 2.27. The van der Waals surface area contributed by atoms with Crippen LogP contribution < -0.4 is 19.8 Å². The molecule has 2 aromatic rings. The van der Waals surface area contributed by atoms with Crippen LogP contribution >= 0.6 is 0 Å². The monoisotopic (exact) mass is 368 g/mol. The Morgan fingerprint density at radius 1 is 0.769 bits per heavy atom. The Hall–Kier alpha value is -2.29. The van der Waals surface area contributed by atoms with E-state index in [-0.39, 0.29) is 38.6 Å². The van der Waals surface area contributed by atoms with Crippen LogP contribution in [-0.2, 0) is 0 Å². The largest absolute Gasteiger partial charge is 0.493 e. The maximum absolute atomic E-state index is 11.8. The van der Waals surface area contributed by atoms with Crippen LogP contribution in [0.1, 0.15) is 19.3 Å². The number of fused-ring (bicyclic) bond motifs is 1. The first-order valence-electron chi connectivity index (χ1n) is 8.52. The van der Waals surface area contributed by atoms with Gasteiger partial charge < -0.3 is 33.9 Å². The van der Waals surface area contributed by atoms with Crippen LogP contribution in [0.15, 0.2) is 27.4 Å². The zero-order valence-electron chi connectivity index (χ0n) is 14.5. The van der Waals surface area contributed by atoms with Crippen molar-refractivity contribution in [2.45, 2.75) is 19.3 Å². The van der Waals surface area contributed by atoms with Gasteiger partial charge in [0.1, 0.15) is 28.2 Å². The average molecular weight is 368 g/mol. The highest BCUT2D eigenvalue weighted by atomic mass is 16.5. The number of benzene rings is 1. The average Bonchev–Trinajstić information content (AvgIpc) is 2.61. The fourth-order valence-corrected chi connectivity index (χ4v) is 2.27. The predicted molar refractivity (Wildman–Crippen MR) is 94.1 cm³/mol. The molecule has 0 fully saturated rings. The second kappa shape index (κ2) is 10.6. The van der Waals surface area contributed by atoms with Crippen molar-refractivity contribution in [1.29, 1.82) is 0 Å². The zero-order chi connectivity index (χ0) is 18.8. The summed E-state index contributed by atoms with van der Waals surface area (Å²) in [5.74, 6) is 1.13. The number of hydrogen-bond acceptors (Lipinski definition) is 8. The fraction of sp³-hybridized carbons (Fsp3) is 0.500. The van der Waals surface area contributed by atoms with Crippen LogP contribution in [0.5, 0.6) is 17.2 Å². The van der Waals surface area contributed by atoms with Crippen molar-refractivity contribution in [3.8, 4) is 17.2 Å². The molecule has 0 aliphatic carbocycles. The number of ether oxygens (including phenoxy) is 3. The lowest BCUT2D eigenvalue weighted by molar-refractivity contribution is 0.227. The number of aliphatic hydroxyl groups is 3. The summed E-state index contributed by atoms with van der Waals surface area (Å²) < 4.78 is 22.1. The van der Waals surface area contributed by atoms with E-state index in [0.29, 0.717) is 48.5 Å². The molecule has 1 aromatic heterocycles. The predicted octanol–water partition coefficient (Wildman–Crippen LogP) is 1.08. The van der Waals surface area contributed by atoms with E-state index in [2.05, 4.69) is 0 Å². The van der Waals surface area contributed by atoms with Gasteiger partial charge in [-0.15, -0.1) is 0 Å². The van der Waals surface area contributed by atoms with E-state index in [9.17, 15) is 4.79 Å². The smallest absolute Gasteiger partial charge is 0.339 e. The van der Waals surface area contributed by atoms with E-state index in [1.165, 1.54) is 6.07 Å². The van der Waals surface area contributed by atoms with Gasteiger partial charge >= 0.3 is 5.63 Å². The Balaban J connectivity index is 2.41. The third kappa shape index (κ3) is 5.62. The van der Waals surface area contributed by atoms with Crippen molar-refractivity contribution in [2.24, 2.45) is 0 Å². The van der Waals surface area contributed by atoms with Crippen molar-refractivity contribution in [2.75, 3.05) is 39.6 Å². The van der Waals surface area contributed by atoms with Gasteiger partial charge in [0.25, 0.3) is 0 Å². The molecule has 3 N–H and O–H groups in total. The minimum absolute atomic E-state index is 0.00532. The van der Waals surface area contributed by atoms with Crippen LogP contribution in [0.25, 0.3) is 11.0 Å². The van der Waals surface area contributed by atoms with Crippen LogP contribution in [-0.4, -0.2) is 55.0 Å². The first-order chi connectivity index (χ1) is 12.7. The zero-order valence-corrected chi connectivity index (χ0v) is 14.5. The van der Waals surface area contributed by atoms with Crippen molar-refractivity contribution < 1.29 is 33.9 Å². The first kappa shape index (κ1) is 20.0. The second-order valence-electron chi connectivity index (χ2n) is 5.50. The molecule has 0 radical (unpaired) electrons. The highest BCUT2D eigenvalue weighted by molar-refractivity contribution is 5.90. The minimum atomic E-state index is -0.578. The van der Waals surface area contributed by atoms with E-state index < -0.39 is 5.63 Å². The number of rotatable bonds is 12. The lowest BCUT2D eigenvalue weighted by Crippen LogP contribution is -2.07. The molecule has 0 saturated carbocycles. The molecule has 0 saturated heterocycles. The Morgan fingerprint density at radius 3 is 1.88 bits per heavy atom. The molecular formula is C18H24O8. The molecule has 0 aliphatic rings. The van der Waals surface area contributed by atoms with Crippen LogP contribution in [0.4, 0.5) is 0 Å². The van der Waals surface area contributed by atoms with Crippen LogP contribution in [0.2, 0.25) is 0 Å². The molecule has 0 spiro atoms. The normalized spacial score (nSPS) is 10.9. The highest BCUT2D eigenvalue weighted by Gasteiger charge is 2.15. The molecule has 8 nitrogen and oxygen atoms in total. The maximum atomic E-state index is 11.8. The van der Waals surface area contributed by atoms with Gasteiger partial charge in [0.15, 0.2) is 0 Å². The molecule has 0 aliphatic heterocycles. The van der Waals surface area contributed by atoms with Gasteiger partial charge in [0, 0.05) is 51.2 Å². The number of aliphatic hydroxyl groups excluding tert-OH is 3. The van der Waals surface area contributed by atoms with E-state index in [1.807, 2.05) is 0 Å². The summed E-state index contributed by atoms with van der Waals surface area (Å²) in [7, 11) is 0.